The maximum atomic E-state index is 12.0. The summed E-state index contributed by atoms with van der Waals surface area (Å²) in [4.78, 5) is 30.2. The van der Waals surface area contributed by atoms with Gasteiger partial charge < -0.3 is 10.1 Å². The highest BCUT2D eigenvalue weighted by Gasteiger charge is 2.12. The van der Waals surface area contributed by atoms with Crippen LogP contribution in [0.15, 0.2) is 65.6 Å². The van der Waals surface area contributed by atoms with Crippen molar-refractivity contribution in [3.63, 3.8) is 0 Å². The van der Waals surface area contributed by atoms with Crippen LogP contribution in [0.5, 0.6) is 0 Å². The summed E-state index contributed by atoms with van der Waals surface area (Å²) in [6, 6.07) is 17.7. The summed E-state index contributed by atoms with van der Waals surface area (Å²) in [5, 5.41) is 3.03. The van der Waals surface area contributed by atoms with Gasteiger partial charge in [0, 0.05) is 5.69 Å². The van der Waals surface area contributed by atoms with E-state index < -0.39 is 11.5 Å². The zero-order chi connectivity index (χ0) is 17.6. The monoisotopic (exact) mass is 335 g/mol. The van der Waals surface area contributed by atoms with E-state index in [1.54, 1.807) is 6.92 Å². The number of anilines is 2. The molecular formula is C19H17N3O3. The Balaban J connectivity index is 1.82. The SMILES string of the molecule is CCOC(=O)c1cnc(Nc2cccc(-c3ccccc3)c2)[nH]c1=O. The van der Waals surface area contributed by atoms with E-state index in [0.717, 1.165) is 16.8 Å². The highest BCUT2D eigenvalue weighted by Crippen LogP contribution is 2.23. The number of rotatable bonds is 5. The summed E-state index contributed by atoms with van der Waals surface area (Å²) >= 11 is 0. The van der Waals surface area contributed by atoms with Gasteiger partial charge in [0.05, 0.1) is 12.8 Å². The zero-order valence-corrected chi connectivity index (χ0v) is 13.7. The molecule has 0 aliphatic rings. The highest BCUT2D eigenvalue weighted by atomic mass is 16.5. The van der Waals surface area contributed by atoms with Gasteiger partial charge in [-0.15, -0.1) is 0 Å². The summed E-state index contributed by atoms with van der Waals surface area (Å²) in [6.07, 6.45) is 1.21. The molecule has 0 spiro atoms. The number of aromatic amines is 1. The quantitative estimate of drug-likeness (QED) is 0.699. The second-order valence-corrected chi connectivity index (χ2v) is 5.27. The number of hydrogen-bond acceptors (Lipinski definition) is 5. The number of esters is 1. The largest absolute Gasteiger partial charge is 0.462 e. The van der Waals surface area contributed by atoms with E-state index in [4.69, 9.17) is 4.74 Å². The minimum Gasteiger partial charge on any atom is -0.462 e. The van der Waals surface area contributed by atoms with Gasteiger partial charge >= 0.3 is 5.97 Å². The predicted octanol–water partition coefficient (Wildman–Crippen LogP) is 3.36. The van der Waals surface area contributed by atoms with Crippen molar-refractivity contribution in [1.29, 1.82) is 0 Å². The van der Waals surface area contributed by atoms with Crippen LogP contribution in [0, 0.1) is 0 Å². The van der Waals surface area contributed by atoms with E-state index in [-0.39, 0.29) is 18.1 Å². The van der Waals surface area contributed by atoms with Crippen LogP contribution in [0.25, 0.3) is 11.1 Å². The van der Waals surface area contributed by atoms with E-state index >= 15 is 0 Å². The Hall–Kier alpha value is -3.41. The maximum Gasteiger partial charge on any atom is 0.345 e. The average Bonchev–Trinajstić information content (AvgIpc) is 2.63. The molecule has 1 aromatic heterocycles. The molecule has 0 aliphatic heterocycles. The molecule has 6 nitrogen and oxygen atoms in total. The van der Waals surface area contributed by atoms with Crippen LogP contribution in [0.1, 0.15) is 17.3 Å². The van der Waals surface area contributed by atoms with Crippen molar-refractivity contribution in [2.45, 2.75) is 6.92 Å². The zero-order valence-electron chi connectivity index (χ0n) is 13.7. The third-order valence-corrected chi connectivity index (χ3v) is 3.53. The molecule has 0 amide bonds. The van der Waals surface area contributed by atoms with Crippen LogP contribution >= 0.6 is 0 Å². The summed E-state index contributed by atoms with van der Waals surface area (Å²) in [7, 11) is 0. The van der Waals surface area contributed by atoms with Crippen LogP contribution in [-0.2, 0) is 4.74 Å². The number of ether oxygens (including phenoxy) is 1. The Morgan fingerprint density at radius 1 is 1.12 bits per heavy atom. The van der Waals surface area contributed by atoms with Crippen LogP contribution < -0.4 is 10.9 Å². The number of nitrogens with one attached hydrogen (secondary N) is 2. The lowest BCUT2D eigenvalue weighted by atomic mass is 10.1. The summed E-state index contributed by atoms with van der Waals surface area (Å²) in [5.41, 5.74) is 2.23. The summed E-state index contributed by atoms with van der Waals surface area (Å²) < 4.78 is 4.81. The lowest BCUT2D eigenvalue weighted by molar-refractivity contribution is 0.0524. The topological polar surface area (TPSA) is 84.1 Å². The number of aromatic nitrogens is 2. The molecule has 2 aromatic carbocycles. The van der Waals surface area contributed by atoms with E-state index in [1.165, 1.54) is 6.20 Å². The van der Waals surface area contributed by atoms with Crippen molar-refractivity contribution >= 4 is 17.6 Å². The van der Waals surface area contributed by atoms with Crippen molar-refractivity contribution in [2.75, 3.05) is 11.9 Å². The van der Waals surface area contributed by atoms with Crippen molar-refractivity contribution in [3.8, 4) is 11.1 Å². The Labute approximate surface area is 144 Å². The molecule has 0 aliphatic carbocycles. The van der Waals surface area contributed by atoms with E-state index in [0.29, 0.717) is 0 Å². The molecular weight excluding hydrogens is 318 g/mol. The number of benzene rings is 2. The molecule has 2 N–H and O–H groups in total. The first-order chi connectivity index (χ1) is 12.2. The van der Waals surface area contributed by atoms with E-state index in [1.807, 2.05) is 54.6 Å². The fourth-order valence-electron chi connectivity index (χ4n) is 2.36. The molecule has 0 radical (unpaired) electrons. The minimum atomic E-state index is -0.686. The van der Waals surface area contributed by atoms with E-state index in [2.05, 4.69) is 15.3 Å². The van der Waals surface area contributed by atoms with Gasteiger partial charge in [0.15, 0.2) is 0 Å². The van der Waals surface area contributed by atoms with Crippen LogP contribution in [-0.4, -0.2) is 22.5 Å². The Bertz CT molecular complexity index is 936. The fraction of sp³-hybridized carbons (Fsp3) is 0.105. The van der Waals surface area contributed by atoms with Crippen molar-refractivity contribution < 1.29 is 9.53 Å². The average molecular weight is 335 g/mol. The number of hydrogen-bond donors (Lipinski definition) is 2. The molecule has 3 aromatic rings. The molecule has 0 fully saturated rings. The van der Waals surface area contributed by atoms with Gasteiger partial charge in [-0.05, 0) is 30.2 Å². The minimum absolute atomic E-state index is 0.120. The first-order valence-corrected chi connectivity index (χ1v) is 7.86. The molecule has 0 saturated heterocycles. The first kappa shape index (κ1) is 16.4. The lowest BCUT2D eigenvalue weighted by Gasteiger charge is -2.08. The first-order valence-electron chi connectivity index (χ1n) is 7.86. The van der Waals surface area contributed by atoms with Crippen LogP contribution in [0.3, 0.4) is 0 Å². The molecule has 126 valence electrons. The maximum absolute atomic E-state index is 12.0. The lowest BCUT2D eigenvalue weighted by Crippen LogP contribution is -2.21. The molecule has 3 rings (SSSR count). The highest BCUT2D eigenvalue weighted by molar-refractivity contribution is 5.88. The Morgan fingerprint density at radius 2 is 1.88 bits per heavy atom. The third-order valence-electron chi connectivity index (χ3n) is 3.53. The number of H-pyrrole nitrogens is 1. The molecule has 0 atom stereocenters. The second-order valence-electron chi connectivity index (χ2n) is 5.27. The Morgan fingerprint density at radius 3 is 2.60 bits per heavy atom. The second kappa shape index (κ2) is 7.44. The number of carbonyl (C=O) groups excluding carboxylic acids is 1. The van der Waals surface area contributed by atoms with Gasteiger partial charge in [-0.3, -0.25) is 9.78 Å². The predicted molar refractivity (Wildman–Crippen MR) is 96.0 cm³/mol. The number of carbonyl (C=O) groups is 1. The normalized spacial score (nSPS) is 10.3. The molecule has 1 heterocycles. The van der Waals surface area contributed by atoms with Crippen molar-refractivity contribution in [3.05, 3.63) is 76.7 Å². The van der Waals surface area contributed by atoms with Crippen molar-refractivity contribution in [1.82, 2.24) is 9.97 Å². The molecule has 0 bridgehead atoms. The standard InChI is InChI=1S/C19H17N3O3/c1-2-25-18(24)16-12-20-19(22-17(16)23)21-15-10-6-9-14(11-15)13-7-4-3-5-8-13/h3-12H,2H2,1H3,(H2,20,21,22,23). The van der Waals surface area contributed by atoms with Gasteiger partial charge in [-0.25, -0.2) is 9.78 Å². The summed E-state index contributed by atoms with van der Waals surface area (Å²) in [5.74, 6) is -0.433. The van der Waals surface area contributed by atoms with E-state index in [9.17, 15) is 9.59 Å². The molecule has 6 heteroatoms. The molecule has 0 unspecified atom stereocenters. The third kappa shape index (κ3) is 3.92. The smallest absolute Gasteiger partial charge is 0.345 e. The van der Waals surface area contributed by atoms with Gasteiger partial charge in [0.1, 0.15) is 5.56 Å². The molecule has 0 saturated carbocycles. The van der Waals surface area contributed by atoms with Gasteiger partial charge in [-0.2, -0.15) is 0 Å². The van der Waals surface area contributed by atoms with Crippen LogP contribution in [0.2, 0.25) is 0 Å². The van der Waals surface area contributed by atoms with Crippen molar-refractivity contribution in [2.24, 2.45) is 0 Å². The summed E-state index contributed by atoms with van der Waals surface area (Å²) in [6.45, 7) is 1.87. The Kier molecular flexibility index (Phi) is 4.89. The van der Waals surface area contributed by atoms with Gasteiger partial charge in [-0.1, -0.05) is 42.5 Å². The number of nitrogens with zero attached hydrogens (tertiary/aromatic N) is 1. The molecule has 25 heavy (non-hydrogen) atoms. The van der Waals surface area contributed by atoms with Crippen LogP contribution in [0.4, 0.5) is 11.6 Å². The fourth-order valence-corrected chi connectivity index (χ4v) is 2.36. The van der Waals surface area contributed by atoms with Gasteiger partial charge in [0.2, 0.25) is 5.95 Å². The van der Waals surface area contributed by atoms with Gasteiger partial charge in [0.25, 0.3) is 5.56 Å².